The Balaban J connectivity index is 2.08. The first-order chi connectivity index (χ1) is 12.3. The Morgan fingerprint density at radius 2 is 1.77 bits per heavy atom. The van der Waals surface area contributed by atoms with Crippen molar-refractivity contribution < 1.29 is 13.2 Å². The highest BCUT2D eigenvalue weighted by atomic mass is 127. The van der Waals surface area contributed by atoms with Crippen LogP contribution in [0.25, 0.3) is 27.6 Å². The van der Waals surface area contributed by atoms with Crippen LogP contribution in [0.4, 0.5) is 13.2 Å². The third kappa shape index (κ3) is 2.59. The van der Waals surface area contributed by atoms with Gasteiger partial charge in [0.15, 0.2) is 0 Å². The van der Waals surface area contributed by atoms with Gasteiger partial charge in [-0.15, -0.1) is 0 Å². The lowest BCUT2D eigenvalue weighted by Crippen LogP contribution is -2.21. The number of alkyl halides is 3. The molecule has 0 spiro atoms. The van der Waals surface area contributed by atoms with Crippen molar-refractivity contribution in [3.05, 3.63) is 68.3 Å². The van der Waals surface area contributed by atoms with Crippen molar-refractivity contribution in [2.45, 2.75) is 6.18 Å². The van der Waals surface area contributed by atoms with Gasteiger partial charge in [0.05, 0.1) is 34.0 Å². The van der Waals surface area contributed by atoms with Crippen molar-refractivity contribution in [3.8, 4) is 5.69 Å². The highest BCUT2D eigenvalue weighted by Crippen LogP contribution is 2.31. The lowest BCUT2D eigenvalue weighted by molar-refractivity contribution is -0.137. The van der Waals surface area contributed by atoms with Crippen LogP contribution in [0.3, 0.4) is 0 Å². The molecule has 0 atom stereocenters. The van der Waals surface area contributed by atoms with Gasteiger partial charge in [0.1, 0.15) is 0 Å². The van der Waals surface area contributed by atoms with Gasteiger partial charge in [-0.3, -0.25) is 14.1 Å². The number of rotatable bonds is 1. The number of aryl methyl sites for hydroxylation is 1. The molecule has 0 unspecified atom stereocenters. The van der Waals surface area contributed by atoms with E-state index in [2.05, 4.69) is 27.6 Å². The summed E-state index contributed by atoms with van der Waals surface area (Å²) in [5.74, 6) is 0. The molecular formula is C18H11F3IN3O. The van der Waals surface area contributed by atoms with Crippen LogP contribution in [0.2, 0.25) is 0 Å². The summed E-state index contributed by atoms with van der Waals surface area (Å²) in [6.45, 7) is 0. The van der Waals surface area contributed by atoms with Crippen LogP contribution in [0, 0.1) is 3.57 Å². The quantitative estimate of drug-likeness (QED) is 0.386. The maximum absolute atomic E-state index is 12.8. The molecule has 26 heavy (non-hydrogen) atoms. The summed E-state index contributed by atoms with van der Waals surface area (Å²) < 4.78 is 42.3. The zero-order valence-electron chi connectivity index (χ0n) is 13.4. The molecule has 0 saturated carbocycles. The first kappa shape index (κ1) is 17.1. The summed E-state index contributed by atoms with van der Waals surface area (Å²) >= 11 is 2.17. The van der Waals surface area contributed by atoms with E-state index in [-0.39, 0.29) is 5.69 Å². The second kappa shape index (κ2) is 5.83. The maximum atomic E-state index is 12.8. The van der Waals surface area contributed by atoms with E-state index in [1.165, 1.54) is 21.3 Å². The average Bonchev–Trinajstić information content (AvgIpc) is 2.86. The molecule has 132 valence electrons. The van der Waals surface area contributed by atoms with Gasteiger partial charge < -0.3 is 0 Å². The van der Waals surface area contributed by atoms with Gasteiger partial charge in [-0.05, 0) is 65.1 Å². The third-order valence-electron chi connectivity index (χ3n) is 4.30. The Bertz CT molecular complexity index is 1210. The molecule has 0 aliphatic carbocycles. The zero-order chi connectivity index (χ0) is 18.6. The van der Waals surface area contributed by atoms with E-state index >= 15 is 0 Å². The van der Waals surface area contributed by atoms with Gasteiger partial charge in [-0.25, -0.2) is 4.79 Å². The number of hydrogen-bond acceptors (Lipinski definition) is 2. The first-order valence-electron chi connectivity index (χ1n) is 7.61. The molecule has 2 heterocycles. The van der Waals surface area contributed by atoms with Crippen LogP contribution in [-0.2, 0) is 13.2 Å². The average molecular weight is 469 g/mol. The topological polar surface area (TPSA) is 39.8 Å². The monoisotopic (exact) mass is 469 g/mol. The van der Waals surface area contributed by atoms with Crippen LogP contribution in [0.15, 0.2) is 53.5 Å². The van der Waals surface area contributed by atoms with Crippen LogP contribution in [0.1, 0.15) is 5.56 Å². The molecule has 0 saturated heterocycles. The molecular weight excluding hydrogens is 458 g/mol. The van der Waals surface area contributed by atoms with Crippen molar-refractivity contribution in [1.29, 1.82) is 0 Å². The number of benzene rings is 2. The molecule has 4 nitrogen and oxygen atoms in total. The van der Waals surface area contributed by atoms with Gasteiger partial charge in [0.2, 0.25) is 0 Å². The van der Waals surface area contributed by atoms with Crippen molar-refractivity contribution in [2.75, 3.05) is 0 Å². The Morgan fingerprint density at radius 3 is 2.42 bits per heavy atom. The smallest absolute Gasteiger partial charge is 0.293 e. The summed E-state index contributed by atoms with van der Waals surface area (Å²) in [4.78, 5) is 17.2. The highest BCUT2D eigenvalue weighted by molar-refractivity contribution is 14.1. The van der Waals surface area contributed by atoms with Gasteiger partial charge >= 0.3 is 11.9 Å². The molecule has 4 rings (SSSR count). The number of aromatic nitrogens is 3. The fourth-order valence-corrected chi connectivity index (χ4v) is 3.50. The summed E-state index contributed by atoms with van der Waals surface area (Å²) in [5, 5.41) is 0.770. The number of fused-ring (bicyclic) bond motifs is 3. The van der Waals surface area contributed by atoms with Crippen molar-refractivity contribution >= 4 is 44.5 Å². The fourth-order valence-electron chi connectivity index (χ4n) is 3.01. The minimum Gasteiger partial charge on any atom is -0.293 e. The SMILES string of the molecule is Cn1c(=O)n(-c2ccc(C(F)(F)F)cc2)c2c3cc(I)ccc3ncc21. The summed E-state index contributed by atoms with van der Waals surface area (Å²) in [6.07, 6.45) is -2.82. The van der Waals surface area contributed by atoms with Crippen LogP contribution < -0.4 is 5.69 Å². The molecule has 0 aliphatic rings. The highest BCUT2D eigenvalue weighted by Gasteiger charge is 2.30. The Hall–Kier alpha value is -2.36. The molecule has 0 bridgehead atoms. The molecule has 0 amide bonds. The number of halogens is 4. The Morgan fingerprint density at radius 1 is 1.08 bits per heavy atom. The van der Waals surface area contributed by atoms with E-state index in [9.17, 15) is 18.0 Å². The van der Waals surface area contributed by atoms with E-state index in [0.717, 1.165) is 21.1 Å². The van der Waals surface area contributed by atoms with E-state index in [1.807, 2.05) is 18.2 Å². The van der Waals surface area contributed by atoms with E-state index in [1.54, 1.807) is 13.2 Å². The second-order valence-corrected chi connectivity index (χ2v) is 7.12. The standard InChI is InChI=1S/C18H11F3IN3O/c1-24-15-9-23-14-7-4-11(22)8-13(14)16(15)25(17(24)26)12-5-2-10(3-6-12)18(19,20)21/h2-9H,1H3. The first-order valence-corrected chi connectivity index (χ1v) is 8.68. The minimum atomic E-state index is -4.42. The summed E-state index contributed by atoms with van der Waals surface area (Å²) in [7, 11) is 1.62. The summed E-state index contributed by atoms with van der Waals surface area (Å²) in [6, 6.07) is 10.2. The lowest BCUT2D eigenvalue weighted by Gasteiger charge is -2.09. The number of nitrogens with zero attached hydrogens (tertiary/aromatic N) is 3. The van der Waals surface area contributed by atoms with E-state index in [4.69, 9.17) is 0 Å². The van der Waals surface area contributed by atoms with Crippen LogP contribution >= 0.6 is 22.6 Å². The molecule has 0 N–H and O–H groups in total. The minimum absolute atomic E-state index is 0.340. The zero-order valence-corrected chi connectivity index (χ0v) is 15.5. The number of pyridine rings is 1. The van der Waals surface area contributed by atoms with E-state index < -0.39 is 11.7 Å². The predicted octanol–water partition coefficient (Wildman–Crippen LogP) is 4.50. The molecule has 8 heteroatoms. The number of hydrogen-bond donors (Lipinski definition) is 0. The van der Waals surface area contributed by atoms with Gasteiger partial charge in [0, 0.05) is 16.0 Å². The maximum Gasteiger partial charge on any atom is 0.416 e. The molecule has 2 aromatic carbocycles. The third-order valence-corrected chi connectivity index (χ3v) is 4.97. The van der Waals surface area contributed by atoms with Crippen molar-refractivity contribution in [3.63, 3.8) is 0 Å². The lowest BCUT2D eigenvalue weighted by atomic mass is 10.1. The molecule has 0 aliphatic heterocycles. The summed E-state index contributed by atoms with van der Waals surface area (Å²) in [5.41, 5.74) is 1.23. The van der Waals surface area contributed by atoms with Crippen molar-refractivity contribution in [1.82, 2.24) is 14.1 Å². The largest absolute Gasteiger partial charge is 0.416 e. The molecule has 0 fully saturated rings. The molecule has 4 aromatic rings. The van der Waals surface area contributed by atoms with Gasteiger partial charge in [-0.2, -0.15) is 13.2 Å². The fraction of sp³-hybridized carbons (Fsp3) is 0.111. The Kier molecular flexibility index (Phi) is 3.83. The predicted molar refractivity (Wildman–Crippen MR) is 102 cm³/mol. The van der Waals surface area contributed by atoms with Gasteiger partial charge in [-0.1, -0.05) is 0 Å². The van der Waals surface area contributed by atoms with E-state index in [0.29, 0.717) is 22.2 Å². The van der Waals surface area contributed by atoms with Crippen molar-refractivity contribution in [2.24, 2.45) is 7.05 Å². The normalized spacial score (nSPS) is 12.2. The van der Waals surface area contributed by atoms with Crippen LogP contribution in [-0.4, -0.2) is 14.1 Å². The Labute approximate surface area is 159 Å². The van der Waals surface area contributed by atoms with Crippen LogP contribution in [0.5, 0.6) is 0 Å². The molecule has 2 aromatic heterocycles. The number of imidazole rings is 1. The van der Waals surface area contributed by atoms with Gasteiger partial charge in [0.25, 0.3) is 0 Å². The second-order valence-electron chi connectivity index (χ2n) is 5.88. The molecule has 0 radical (unpaired) electrons.